The molecule has 3 nitrogen and oxygen atoms in total. The van der Waals surface area contributed by atoms with E-state index in [2.05, 4.69) is 32.0 Å². The number of aryl methyl sites for hydroxylation is 2. The third-order valence-corrected chi connectivity index (χ3v) is 3.70. The number of hydrogen-bond donors (Lipinski definition) is 1. The summed E-state index contributed by atoms with van der Waals surface area (Å²) < 4.78 is 10.6. The van der Waals surface area contributed by atoms with Crippen LogP contribution in [0.4, 0.5) is 0 Å². The van der Waals surface area contributed by atoms with Crippen molar-refractivity contribution in [3.8, 4) is 11.5 Å². The molecule has 0 bridgehead atoms. The van der Waals surface area contributed by atoms with Gasteiger partial charge in [0.1, 0.15) is 0 Å². The lowest BCUT2D eigenvalue weighted by Gasteiger charge is -2.17. The Bertz CT molecular complexity index is 635. The molecule has 0 aliphatic carbocycles. The summed E-state index contributed by atoms with van der Waals surface area (Å²) >= 11 is 6.25. The second kappa shape index (κ2) is 6.37. The van der Waals surface area contributed by atoms with Crippen molar-refractivity contribution in [3.63, 3.8) is 0 Å². The van der Waals surface area contributed by atoms with Crippen LogP contribution in [0.15, 0.2) is 30.3 Å². The fraction of sp³-hybridized carbons (Fsp3) is 0.294. The van der Waals surface area contributed by atoms with E-state index in [9.17, 15) is 0 Å². The smallest absolute Gasteiger partial charge is 0.179 e. The minimum Gasteiger partial charge on any atom is -0.493 e. The van der Waals surface area contributed by atoms with Crippen LogP contribution in [0, 0.1) is 13.8 Å². The summed E-state index contributed by atoms with van der Waals surface area (Å²) in [7, 11) is 3.15. The first kappa shape index (κ1) is 15.7. The van der Waals surface area contributed by atoms with Gasteiger partial charge in [0, 0.05) is 0 Å². The fourth-order valence-electron chi connectivity index (χ4n) is 2.50. The van der Waals surface area contributed by atoms with Crippen LogP contribution in [0.3, 0.4) is 0 Å². The van der Waals surface area contributed by atoms with Gasteiger partial charge >= 0.3 is 0 Å². The SMILES string of the molecule is COc1cc(C(N)c2cc(C)cc(C)c2)cc(Cl)c1OC. The van der Waals surface area contributed by atoms with Crippen molar-refractivity contribution >= 4 is 11.6 Å². The van der Waals surface area contributed by atoms with Gasteiger partial charge < -0.3 is 15.2 Å². The highest BCUT2D eigenvalue weighted by Crippen LogP contribution is 2.38. The molecule has 0 radical (unpaired) electrons. The van der Waals surface area contributed by atoms with E-state index >= 15 is 0 Å². The Morgan fingerprint density at radius 3 is 2.00 bits per heavy atom. The summed E-state index contributed by atoms with van der Waals surface area (Å²) in [6.07, 6.45) is 0. The topological polar surface area (TPSA) is 44.5 Å². The van der Waals surface area contributed by atoms with Crippen LogP contribution < -0.4 is 15.2 Å². The molecular weight excluding hydrogens is 286 g/mol. The second-order valence-corrected chi connectivity index (χ2v) is 5.54. The van der Waals surface area contributed by atoms with Crippen LogP contribution in [-0.2, 0) is 0 Å². The predicted octanol–water partition coefficient (Wildman–Crippen LogP) is 4.02. The van der Waals surface area contributed by atoms with Crippen molar-refractivity contribution in [2.24, 2.45) is 5.73 Å². The lowest BCUT2D eigenvalue weighted by atomic mass is 9.96. The molecule has 1 atom stereocenters. The van der Waals surface area contributed by atoms with E-state index in [1.165, 1.54) is 11.1 Å². The summed E-state index contributed by atoms with van der Waals surface area (Å²) in [5.41, 5.74) is 10.7. The van der Waals surface area contributed by atoms with Crippen LogP contribution in [0.25, 0.3) is 0 Å². The zero-order valence-electron chi connectivity index (χ0n) is 12.7. The van der Waals surface area contributed by atoms with Crippen molar-refractivity contribution in [1.82, 2.24) is 0 Å². The van der Waals surface area contributed by atoms with E-state index in [1.54, 1.807) is 14.2 Å². The summed E-state index contributed by atoms with van der Waals surface area (Å²) in [6, 6.07) is 9.72. The van der Waals surface area contributed by atoms with Gasteiger partial charge in [0.05, 0.1) is 25.3 Å². The minimum atomic E-state index is -0.263. The Labute approximate surface area is 130 Å². The Morgan fingerprint density at radius 1 is 0.905 bits per heavy atom. The Morgan fingerprint density at radius 2 is 1.48 bits per heavy atom. The highest BCUT2D eigenvalue weighted by atomic mass is 35.5. The summed E-state index contributed by atoms with van der Waals surface area (Å²) in [5, 5.41) is 0.492. The number of ether oxygens (including phenoxy) is 2. The summed E-state index contributed by atoms with van der Waals surface area (Å²) in [4.78, 5) is 0. The maximum absolute atomic E-state index is 6.38. The van der Waals surface area contributed by atoms with Gasteiger partial charge in [0.2, 0.25) is 0 Å². The van der Waals surface area contributed by atoms with E-state index in [0.29, 0.717) is 16.5 Å². The van der Waals surface area contributed by atoms with Crippen LogP contribution in [0.2, 0.25) is 5.02 Å². The molecule has 112 valence electrons. The van der Waals surface area contributed by atoms with Gasteiger partial charge in [-0.3, -0.25) is 0 Å². The molecule has 2 N–H and O–H groups in total. The molecule has 2 aromatic rings. The standard InChI is InChI=1S/C17H20ClNO2/c1-10-5-11(2)7-12(6-10)16(19)13-8-14(18)17(21-4)15(9-13)20-3/h5-9,16H,19H2,1-4H3. The van der Waals surface area contributed by atoms with Gasteiger partial charge in [-0.1, -0.05) is 40.9 Å². The zero-order chi connectivity index (χ0) is 15.6. The first-order valence-corrected chi connectivity index (χ1v) is 7.09. The van der Waals surface area contributed by atoms with Crippen molar-refractivity contribution in [1.29, 1.82) is 0 Å². The predicted molar refractivity (Wildman–Crippen MR) is 86.5 cm³/mol. The van der Waals surface area contributed by atoms with Crippen molar-refractivity contribution in [3.05, 3.63) is 57.6 Å². The molecule has 4 heteroatoms. The van der Waals surface area contributed by atoms with E-state index in [-0.39, 0.29) is 6.04 Å². The molecule has 0 amide bonds. The van der Waals surface area contributed by atoms with E-state index < -0.39 is 0 Å². The Kier molecular flexibility index (Phi) is 4.76. The molecule has 0 aromatic heterocycles. The lowest BCUT2D eigenvalue weighted by Crippen LogP contribution is -2.12. The third-order valence-electron chi connectivity index (χ3n) is 3.42. The van der Waals surface area contributed by atoms with Crippen molar-refractivity contribution in [2.45, 2.75) is 19.9 Å². The highest BCUT2D eigenvalue weighted by Gasteiger charge is 2.16. The van der Waals surface area contributed by atoms with Crippen LogP contribution in [-0.4, -0.2) is 14.2 Å². The van der Waals surface area contributed by atoms with Gasteiger partial charge in [-0.15, -0.1) is 0 Å². The first-order chi connectivity index (χ1) is 9.96. The lowest BCUT2D eigenvalue weighted by molar-refractivity contribution is 0.354. The number of methoxy groups -OCH3 is 2. The molecule has 2 aromatic carbocycles. The second-order valence-electron chi connectivity index (χ2n) is 5.14. The van der Waals surface area contributed by atoms with Gasteiger partial charge in [-0.2, -0.15) is 0 Å². The molecular formula is C17H20ClNO2. The summed E-state index contributed by atoms with van der Waals surface area (Å²) in [5.74, 6) is 1.11. The average molecular weight is 306 g/mol. The van der Waals surface area contributed by atoms with Crippen molar-refractivity contribution in [2.75, 3.05) is 14.2 Å². The van der Waals surface area contributed by atoms with Gasteiger partial charge in [-0.05, 0) is 37.1 Å². The third kappa shape index (κ3) is 3.31. The molecule has 2 rings (SSSR count). The zero-order valence-corrected chi connectivity index (χ0v) is 13.5. The monoisotopic (exact) mass is 305 g/mol. The summed E-state index contributed by atoms with van der Waals surface area (Å²) in [6.45, 7) is 4.12. The molecule has 0 saturated carbocycles. The molecule has 21 heavy (non-hydrogen) atoms. The molecule has 0 spiro atoms. The van der Waals surface area contributed by atoms with Crippen LogP contribution in [0.1, 0.15) is 28.3 Å². The van der Waals surface area contributed by atoms with E-state index in [1.807, 2.05) is 12.1 Å². The maximum atomic E-state index is 6.38. The number of halogens is 1. The van der Waals surface area contributed by atoms with Gasteiger partial charge in [0.25, 0.3) is 0 Å². The fourth-order valence-corrected chi connectivity index (χ4v) is 2.80. The molecule has 0 fully saturated rings. The van der Waals surface area contributed by atoms with Crippen molar-refractivity contribution < 1.29 is 9.47 Å². The Hall–Kier alpha value is -1.71. The average Bonchev–Trinajstić information content (AvgIpc) is 2.44. The molecule has 0 aliphatic rings. The minimum absolute atomic E-state index is 0.263. The number of rotatable bonds is 4. The normalized spacial score (nSPS) is 12.1. The maximum Gasteiger partial charge on any atom is 0.179 e. The van der Waals surface area contributed by atoms with Gasteiger partial charge in [-0.25, -0.2) is 0 Å². The molecule has 0 aliphatic heterocycles. The van der Waals surface area contributed by atoms with E-state index in [4.69, 9.17) is 26.8 Å². The number of hydrogen-bond acceptors (Lipinski definition) is 3. The van der Waals surface area contributed by atoms with Crippen LogP contribution in [0.5, 0.6) is 11.5 Å². The highest BCUT2D eigenvalue weighted by molar-refractivity contribution is 6.32. The molecule has 0 heterocycles. The quantitative estimate of drug-likeness (QED) is 0.928. The first-order valence-electron chi connectivity index (χ1n) is 6.71. The number of benzene rings is 2. The largest absolute Gasteiger partial charge is 0.493 e. The van der Waals surface area contributed by atoms with Crippen LogP contribution >= 0.6 is 11.6 Å². The Balaban J connectivity index is 2.48. The van der Waals surface area contributed by atoms with Gasteiger partial charge in [0.15, 0.2) is 11.5 Å². The number of nitrogens with two attached hydrogens (primary N) is 1. The molecule has 0 saturated heterocycles. The van der Waals surface area contributed by atoms with E-state index in [0.717, 1.165) is 11.1 Å². The molecule has 1 unspecified atom stereocenters.